The van der Waals surface area contributed by atoms with Gasteiger partial charge in [0, 0.05) is 6.92 Å². The highest BCUT2D eigenvalue weighted by molar-refractivity contribution is 6.03. The number of benzene rings is 2. The van der Waals surface area contributed by atoms with Gasteiger partial charge in [-0.25, -0.2) is 0 Å². The molecule has 0 atom stereocenters. The van der Waals surface area contributed by atoms with Crippen LogP contribution in [-0.2, 0) is 16.4 Å². The summed E-state index contributed by atoms with van der Waals surface area (Å²) in [6.07, 6.45) is -4.50. The molecule has 0 unspecified atom stereocenters. The van der Waals surface area contributed by atoms with E-state index in [1.54, 1.807) is 12.1 Å². The van der Waals surface area contributed by atoms with Crippen molar-refractivity contribution in [1.82, 2.24) is 0 Å². The van der Waals surface area contributed by atoms with Gasteiger partial charge in [0.05, 0.1) is 16.9 Å². The van der Waals surface area contributed by atoms with E-state index in [0.29, 0.717) is 11.4 Å². The van der Waals surface area contributed by atoms with Crippen molar-refractivity contribution in [1.29, 1.82) is 0 Å². The lowest BCUT2D eigenvalue weighted by Crippen LogP contribution is -2.27. The number of hydrogen-bond donors (Lipinski definition) is 0. The van der Waals surface area contributed by atoms with Crippen LogP contribution in [0.1, 0.15) is 38.8 Å². The lowest BCUT2D eigenvalue weighted by molar-refractivity contribution is -0.137. The van der Waals surface area contributed by atoms with Crippen molar-refractivity contribution < 1.29 is 22.7 Å². The first-order chi connectivity index (χ1) is 11.5. The highest BCUT2D eigenvalue weighted by Gasteiger charge is 2.35. The van der Waals surface area contributed by atoms with E-state index in [2.05, 4.69) is 0 Å². The number of halogens is 3. The summed E-state index contributed by atoms with van der Waals surface area (Å²) in [6.45, 7) is 7.38. The lowest BCUT2D eigenvalue weighted by atomic mass is 9.86. The fourth-order valence-electron chi connectivity index (χ4n) is 2.79. The second kappa shape index (κ2) is 5.51. The Hall–Kier alpha value is -2.50. The number of carbonyl (C=O) groups is 1. The van der Waals surface area contributed by atoms with Crippen LogP contribution in [0.5, 0.6) is 11.5 Å². The van der Waals surface area contributed by atoms with E-state index in [9.17, 15) is 18.0 Å². The third-order valence-corrected chi connectivity index (χ3v) is 4.13. The van der Waals surface area contributed by atoms with Gasteiger partial charge < -0.3 is 4.74 Å². The minimum Gasteiger partial charge on any atom is -0.453 e. The number of alkyl halides is 3. The maximum absolute atomic E-state index is 13.1. The third kappa shape index (κ3) is 3.08. The zero-order valence-electron chi connectivity index (χ0n) is 14.4. The average molecular weight is 349 g/mol. The van der Waals surface area contributed by atoms with E-state index in [1.807, 2.05) is 26.8 Å². The van der Waals surface area contributed by atoms with Crippen LogP contribution in [0.2, 0.25) is 0 Å². The summed E-state index contributed by atoms with van der Waals surface area (Å²) >= 11 is 0. The fourth-order valence-corrected chi connectivity index (χ4v) is 2.79. The Kier molecular flexibility index (Phi) is 3.82. The first-order valence-corrected chi connectivity index (χ1v) is 7.83. The second-order valence-electron chi connectivity index (χ2n) is 7.07. The summed E-state index contributed by atoms with van der Waals surface area (Å²) in [5, 5.41) is 0. The summed E-state index contributed by atoms with van der Waals surface area (Å²) < 4.78 is 44.9. The zero-order valence-corrected chi connectivity index (χ0v) is 14.4. The van der Waals surface area contributed by atoms with E-state index in [1.165, 1.54) is 17.9 Å². The summed E-state index contributed by atoms with van der Waals surface area (Å²) in [5.74, 6) is 0.283. The standard InChI is InChI=1S/C19H18F3NO2/c1-11(24)23-14-9-12(18(2,3)4)5-7-16(14)25-17-8-6-13(10-15(17)23)19(20,21)22/h5-10H,1-4H3. The monoisotopic (exact) mass is 349 g/mol. The van der Waals surface area contributed by atoms with Crippen molar-refractivity contribution in [2.75, 3.05) is 4.90 Å². The minimum absolute atomic E-state index is 0.0980. The molecular formula is C19H18F3NO2. The topological polar surface area (TPSA) is 29.5 Å². The summed E-state index contributed by atoms with van der Waals surface area (Å²) in [7, 11) is 0. The molecule has 0 N–H and O–H groups in total. The van der Waals surface area contributed by atoms with Gasteiger partial charge >= 0.3 is 6.18 Å². The van der Waals surface area contributed by atoms with Gasteiger partial charge in [0.15, 0.2) is 11.5 Å². The number of rotatable bonds is 0. The predicted octanol–water partition coefficient (Wildman–Crippen LogP) is 5.79. The van der Waals surface area contributed by atoms with Gasteiger partial charge in [-0.3, -0.25) is 9.69 Å². The predicted molar refractivity (Wildman–Crippen MR) is 89.5 cm³/mol. The van der Waals surface area contributed by atoms with Crippen LogP contribution >= 0.6 is 0 Å². The Morgan fingerprint density at radius 2 is 1.40 bits per heavy atom. The number of nitrogens with zero attached hydrogens (tertiary/aromatic N) is 1. The molecule has 2 aromatic rings. The number of fused-ring (bicyclic) bond motifs is 2. The molecule has 0 radical (unpaired) electrons. The molecule has 3 nitrogen and oxygen atoms in total. The van der Waals surface area contributed by atoms with E-state index in [0.717, 1.165) is 17.7 Å². The maximum Gasteiger partial charge on any atom is 0.416 e. The van der Waals surface area contributed by atoms with Crippen LogP contribution in [0.25, 0.3) is 0 Å². The minimum atomic E-state index is -4.50. The Morgan fingerprint density at radius 3 is 1.84 bits per heavy atom. The molecule has 6 heteroatoms. The molecule has 2 aromatic carbocycles. The third-order valence-electron chi connectivity index (χ3n) is 4.13. The molecular weight excluding hydrogens is 331 g/mol. The molecule has 1 heterocycles. The van der Waals surface area contributed by atoms with Crippen molar-refractivity contribution in [2.24, 2.45) is 0 Å². The molecule has 0 aromatic heterocycles. The van der Waals surface area contributed by atoms with Gasteiger partial charge in [-0.1, -0.05) is 26.8 Å². The average Bonchev–Trinajstić information content (AvgIpc) is 2.49. The van der Waals surface area contributed by atoms with E-state index < -0.39 is 11.7 Å². The normalized spacial score (nSPS) is 13.8. The van der Waals surface area contributed by atoms with Gasteiger partial charge in [0.25, 0.3) is 0 Å². The Morgan fingerprint density at radius 1 is 0.920 bits per heavy atom. The fraction of sp³-hybridized carbons (Fsp3) is 0.316. The molecule has 0 aliphatic carbocycles. The van der Waals surface area contributed by atoms with Crippen LogP contribution in [0.4, 0.5) is 24.5 Å². The second-order valence-corrected chi connectivity index (χ2v) is 7.07. The number of amides is 1. The molecule has 1 aliphatic rings. The van der Waals surface area contributed by atoms with Gasteiger partial charge in [0.2, 0.25) is 5.91 Å². The summed E-state index contributed by atoms with van der Waals surface area (Å²) in [6, 6.07) is 8.57. The van der Waals surface area contributed by atoms with Crippen LogP contribution < -0.4 is 9.64 Å². The van der Waals surface area contributed by atoms with E-state index >= 15 is 0 Å². The first kappa shape index (κ1) is 17.3. The smallest absolute Gasteiger partial charge is 0.416 e. The highest BCUT2D eigenvalue weighted by Crippen LogP contribution is 2.49. The SMILES string of the molecule is CC(=O)N1c2cc(C(C)(C)C)ccc2Oc2ccc(C(F)(F)F)cc21. The molecule has 0 saturated heterocycles. The largest absolute Gasteiger partial charge is 0.453 e. The van der Waals surface area contributed by atoms with Crippen molar-refractivity contribution in [3.63, 3.8) is 0 Å². The van der Waals surface area contributed by atoms with E-state index in [-0.39, 0.29) is 22.8 Å². The Bertz CT molecular complexity index is 787. The molecule has 1 amide bonds. The Balaban J connectivity index is 2.20. The molecule has 132 valence electrons. The first-order valence-electron chi connectivity index (χ1n) is 7.83. The zero-order chi connectivity index (χ0) is 18.6. The van der Waals surface area contributed by atoms with Crippen molar-refractivity contribution >= 4 is 17.3 Å². The van der Waals surface area contributed by atoms with Gasteiger partial charge in [0.1, 0.15) is 0 Å². The summed E-state index contributed by atoms with van der Waals surface area (Å²) in [4.78, 5) is 13.5. The molecule has 3 rings (SSSR count). The lowest BCUT2D eigenvalue weighted by Gasteiger charge is -2.32. The molecule has 25 heavy (non-hydrogen) atoms. The van der Waals surface area contributed by atoms with Gasteiger partial charge in [-0.05, 0) is 41.3 Å². The number of anilines is 2. The van der Waals surface area contributed by atoms with Crippen LogP contribution in [0.15, 0.2) is 36.4 Å². The highest BCUT2D eigenvalue weighted by atomic mass is 19.4. The quantitative estimate of drug-likeness (QED) is 0.602. The van der Waals surface area contributed by atoms with E-state index in [4.69, 9.17) is 4.74 Å². The molecule has 0 spiro atoms. The molecule has 0 fully saturated rings. The van der Waals surface area contributed by atoms with Crippen LogP contribution in [0, 0.1) is 0 Å². The van der Waals surface area contributed by atoms with Crippen molar-refractivity contribution in [3.05, 3.63) is 47.5 Å². The van der Waals surface area contributed by atoms with Crippen molar-refractivity contribution in [2.45, 2.75) is 39.3 Å². The molecule has 0 saturated carbocycles. The van der Waals surface area contributed by atoms with Crippen LogP contribution in [-0.4, -0.2) is 5.91 Å². The molecule has 0 bridgehead atoms. The van der Waals surface area contributed by atoms with Gasteiger partial charge in [-0.2, -0.15) is 13.2 Å². The number of hydrogen-bond acceptors (Lipinski definition) is 2. The summed E-state index contributed by atoms with van der Waals surface area (Å²) in [5.41, 5.74) is 0.506. The number of ether oxygens (including phenoxy) is 1. The van der Waals surface area contributed by atoms with Gasteiger partial charge in [-0.15, -0.1) is 0 Å². The maximum atomic E-state index is 13.1. The Labute approximate surface area is 144 Å². The van der Waals surface area contributed by atoms with Crippen molar-refractivity contribution in [3.8, 4) is 11.5 Å². The molecule has 1 aliphatic heterocycles. The van der Waals surface area contributed by atoms with Crippen LogP contribution in [0.3, 0.4) is 0 Å². The number of carbonyl (C=O) groups excluding carboxylic acids is 1.